The van der Waals surface area contributed by atoms with Crippen LogP contribution in [-0.2, 0) is 11.2 Å². The minimum Gasteiger partial charge on any atom is -0.342 e. The zero-order valence-electron chi connectivity index (χ0n) is 13.2. The quantitative estimate of drug-likeness (QED) is 0.792. The lowest BCUT2D eigenvalue weighted by atomic mass is 10.0. The van der Waals surface area contributed by atoms with Gasteiger partial charge in [0.25, 0.3) is 0 Å². The third-order valence-electron chi connectivity index (χ3n) is 3.75. The van der Waals surface area contributed by atoms with Crippen molar-refractivity contribution in [1.29, 1.82) is 0 Å². The highest BCUT2D eigenvalue weighted by Crippen LogP contribution is 2.07. The van der Waals surface area contributed by atoms with Gasteiger partial charge in [0.2, 0.25) is 5.91 Å². The molecule has 0 saturated carbocycles. The van der Waals surface area contributed by atoms with Crippen molar-refractivity contribution < 1.29 is 4.79 Å². The molecule has 1 aromatic carbocycles. The van der Waals surface area contributed by atoms with Crippen LogP contribution in [0.25, 0.3) is 0 Å². The maximum Gasteiger partial charge on any atom is 0.239 e. The topological polar surface area (TPSA) is 32.3 Å². The van der Waals surface area contributed by atoms with Gasteiger partial charge in [0.15, 0.2) is 0 Å². The summed E-state index contributed by atoms with van der Waals surface area (Å²) >= 11 is 0. The first-order chi connectivity index (χ1) is 9.62. The number of hydrogen-bond donors (Lipinski definition) is 1. The molecule has 20 heavy (non-hydrogen) atoms. The number of benzene rings is 1. The van der Waals surface area contributed by atoms with Crippen LogP contribution in [-0.4, -0.2) is 36.0 Å². The lowest BCUT2D eigenvalue weighted by Crippen LogP contribution is -2.48. The zero-order chi connectivity index (χ0) is 15.0. The standard InChI is InChI=1S/C17H28N2O/c1-5-16(13-15-11-9-8-10-12-15)18-14(4)17(20)19(6-2)7-3/h8-12,14,16,18H,5-7,13H2,1-4H3. The predicted molar refractivity (Wildman–Crippen MR) is 84.8 cm³/mol. The Hall–Kier alpha value is -1.35. The molecule has 112 valence electrons. The molecule has 3 heteroatoms. The Balaban J connectivity index is 2.57. The summed E-state index contributed by atoms with van der Waals surface area (Å²) in [5.74, 6) is 0.196. The molecule has 1 amide bonds. The first kappa shape index (κ1) is 16.7. The second kappa shape index (κ2) is 8.75. The molecule has 0 radical (unpaired) electrons. The summed E-state index contributed by atoms with van der Waals surface area (Å²) < 4.78 is 0. The van der Waals surface area contributed by atoms with Gasteiger partial charge < -0.3 is 10.2 Å². The molecule has 0 aliphatic heterocycles. The summed E-state index contributed by atoms with van der Waals surface area (Å²) in [6.07, 6.45) is 1.98. The molecule has 2 unspecified atom stereocenters. The minimum atomic E-state index is -0.122. The number of hydrogen-bond acceptors (Lipinski definition) is 2. The van der Waals surface area contributed by atoms with Gasteiger partial charge in [-0.25, -0.2) is 0 Å². The van der Waals surface area contributed by atoms with Crippen molar-refractivity contribution in [3.63, 3.8) is 0 Å². The Kier molecular flexibility index (Phi) is 7.31. The van der Waals surface area contributed by atoms with Crippen LogP contribution in [0.5, 0.6) is 0 Å². The molecule has 0 aromatic heterocycles. The Morgan fingerprint density at radius 3 is 2.25 bits per heavy atom. The Morgan fingerprint density at radius 1 is 1.15 bits per heavy atom. The van der Waals surface area contributed by atoms with Gasteiger partial charge in [-0.3, -0.25) is 4.79 Å². The van der Waals surface area contributed by atoms with E-state index >= 15 is 0 Å². The number of carbonyl (C=O) groups excluding carboxylic acids is 1. The van der Waals surface area contributed by atoms with E-state index in [0.29, 0.717) is 6.04 Å². The molecule has 0 bridgehead atoms. The van der Waals surface area contributed by atoms with Gasteiger partial charge >= 0.3 is 0 Å². The van der Waals surface area contributed by atoms with E-state index in [4.69, 9.17) is 0 Å². The monoisotopic (exact) mass is 276 g/mol. The van der Waals surface area contributed by atoms with E-state index in [0.717, 1.165) is 25.9 Å². The van der Waals surface area contributed by atoms with Crippen LogP contribution in [0.4, 0.5) is 0 Å². The number of amides is 1. The van der Waals surface area contributed by atoms with Crippen molar-refractivity contribution in [2.75, 3.05) is 13.1 Å². The van der Waals surface area contributed by atoms with Crippen molar-refractivity contribution in [3.8, 4) is 0 Å². The van der Waals surface area contributed by atoms with Crippen LogP contribution in [0.2, 0.25) is 0 Å². The average molecular weight is 276 g/mol. The smallest absolute Gasteiger partial charge is 0.239 e. The van der Waals surface area contributed by atoms with Gasteiger partial charge in [0.05, 0.1) is 6.04 Å². The summed E-state index contributed by atoms with van der Waals surface area (Å²) in [5.41, 5.74) is 1.31. The lowest BCUT2D eigenvalue weighted by Gasteiger charge is -2.27. The van der Waals surface area contributed by atoms with Gasteiger partial charge in [-0.1, -0.05) is 37.3 Å². The fourth-order valence-corrected chi connectivity index (χ4v) is 2.45. The SMILES string of the molecule is CCC(Cc1ccccc1)NC(C)C(=O)N(CC)CC. The van der Waals surface area contributed by atoms with Gasteiger partial charge in [0.1, 0.15) is 0 Å². The van der Waals surface area contributed by atoms with E-state index < -0.39 is 0 Å². The van der Waals surface area contributed by atoms with Crippen molar-refractivity contribution in [2.45, 2.75) is 52.6 Å². The molecule has 1 rings (SSSR count). The maximum absolute atomic E-state index is 12.3. The number of nitrogens with zero attached hydrogens (tertiary/aromatic N) is 1. The minimum absolute atomic E-state index is 0.122. The molecule has 1 N–H and O–H groups in total. The number of nitrogens with one attached hydrogen (secondary N) is 1. The summed E-state index contributed by atoms with van der Waals surface area (Å²) in [5, 5.41) is 3.47. The third-order valence-corrected chi connectivity index (χ3v) is 3.75. The number of rotatable bonds is 8. The Morgan fingerprint density at radius 2 is 1.75 bits per heavy atom. The van der Waals surface area contributed by atoms with Crippen molar-refractivity contribution >= 4 is 5.91 Å². The van der Waals surface area contributed by atoms with Crippen molar-refractivity contribution in [1.82, 2.24) is 10.2 Å². The highest BCUT2D eigenvalue weighted by Gasteiger charge is 2.20. The highest BCUT2D eigenvalue weighted by molar-refractivity contribution is 5.81. The molecule has 0 heterocycles. The predicted octanol–water partition coefficient (Wildman–Crippen LogP) is 2.85. The molecule has 0 spiro atoms. The van der Waals surface area contributed by atoms with Crippen molar-refractivity contribution in [2.24, 2.45) is 0 Å². The molecule has 0 aliphatic rings. The van der Waals surface area contributed by atoms with Gasteiger partial charge in [-0.2, -0.15) is 0 Å². The molecule has 0 saturated heterocycles. The normalized spacial score (nSPS) is 13.8. The summed E-state index contributed by atoms with van der Waals surface area (Å²) in [4.78, 5) is 14.2. The van der Waals surface area contributed by atoms with Gasteiger partial charge in [0, 0.05) is 19.1 Å². The largest absolute Gasteiger partial charge is 0.342 e. The molecule has 2 atom stereocenters. The van der Waals surface area contributed by atoms with E-state index in [1.165, 1.54) is 5.56 Å². The molecule has 1 aromatic rings. The number of carbonyl (C=O) groups is 1. The van der Waals surface area contributed by atoms with Crippen LogP contribution in [0.15, 0.2) is 30.3 Å². The number of likely N-dealkylation sites (N-methyl/N-ethyl adjacent to an activating group) is 1. The molecular weight excluding hydrogens is 248 g/mol. The van der Waals surface area contributed by atoms with Crippen molar-refractivity contribution in [3.05, 3.63) is 35.9 Å². The second-order valence-electron chi connectivity index (χ2n) is 5.19. The van der Waals surface area contributed by atoms with Crippen LogP contribution in [0, 0.1) is 0 Å². The van der Waals surface area contributed by atoms with E-state index in [2.05, 4.69) is 36.5 Å². The fraction of sp³-hybridized carbons (Fsp3) is 0.588. The van der Waals surface area contributed by atoms with Crippen LogP contribution >= 0.6 is 0 Å². The average Bonchev–Trinajstić information content (AvgIpc) is 2.48. The van der Waals surface area contributed by atoms with Gasteiger partial charge in [-0.15, -0.1) is 0 Å². The van der Waals surface area contributed by atoms with Crippen LogP contribution < -0.4 is 5.32 Å². The van der Waals surface area contributed by atoms with E-state index in [1.54, 1.807) is 0 Å². The summed E-state index contributed by atoms with van der Waals surface area (Å²) in [7, 11) is 0. The third kappa shape index (κ3) is 4.97. The first-order valence-electron chi connectivity index (χ1n) is 7.71. The molecular formula is C17H28N2O. The van der Waals surface area contributed by atoms with E-state index in [1.807, 2.05) is 31.7 Å². The summed E-state index contributed by atoms with van der Waals surface area (Å²) in [6.45, 7) is 9.72. The first-order valence-corrected chi connectivity index (χ1v) is 7.71. The summed E-state index contributed by atoms with van der Waals surface area (Å²) in [6, 6.07) is 10.7. The molecule has 0 aliphatic carbocycles. The highest BCUT2D eigenvalue weighted by atomic mass is 16.2. The maximum atomic E-state index is 12.3. The zero-order valence-corrected chi connectivity index (χ0v) is 13.2. The Bertz CT molecular complexity index is 387. The van der Waals surface area contributed by atoms with Gasteiger partial charge in [-0.05, 0) is 39.2 Å². The second-order valence-corrected chi connectivity index (χ2v) is 5.19. The van der Waals surface area contributed by atoms with E-state index in [9.17, 15) is 4.79 Å². The molecule has 0 fully saturated rings. The molecule has 3 nitrogen and oxygen atoms in total. The fourth-order valence-electron chi connectivity index (χ4n) is 2.45. The van der Waals surface area contributed by atoms with E-state index in [-0.39, 0.29) is 11.9 Å². The van der Waals surface area contributed by atoms with Crippen LogP contribution in [0.3, 0.4) is 0 Å². The van der Waals surface area contributed by atoms with Crippen LogP contribution in [0.1, 0.15) is 39.7 Å². The lowest BCUT2D eigenvalue weighted by molar-refractivity contribution is -0.132. The Labute approximate surface area is 123 Å².